The van der Waals surface area contributed by atoms with Crippen LogP contribution in [0, 0.1) is 6.92 Å². The molecule has 0 atom stereocenters. The van der Waals surface area contributed by atoms with Gasteiger partial charge in [0.1, 0.15) is 11.2 Å². The summed E-state index contributed by atoms with van der Waals surface area (Å²) in [5, 5.41) is 5.73. The lowest BCUT2D eigenvalue weighted by Crippen LogP contribution is -2.56. The summed E-state index contributed by atoms with van der Waals surface area (Å²) in [6.45, 7) is 11.8. The standard InChI is InChI=1S/C25H35N3O4/c1-7-25(8-2,17-26-23(31)32-24(4,5)6)27-21(29)20-13-10-14-28(22(20)30)16-19-12-9-11-18(3)15-19/h9-15H,7-8,16-17H2,1-6H3,(H,26,31)(H,27,29). The fourth-order valence-electron chi connectivity index (χ4n) is 3.43. The van der Waals surface area contributed by atoms with Crippen LogP contribution in [-0.2, 0) is 11.3 Å². The van der Waals surface area contributed by atoms with Gasteiger partial charge >= 0.3 is 6.09 Å². The van der Waals surface area contributed by atoms with E-state index >= 15 is 0 Å². The number of aromatic nitrogens is 1. The lowest BCUT2D eigenvalue weighted by molar-refractivity contribution is 0.0501. The van der Waals surface area contributed by atoms with E-state index in [9.17, 15) is 14.4 Å². The molecule has 0 saturated carbocycles. The molecule has 0 radical (unpaired) electrons. The van der Waals surface area contributed by atoms with Gasteiger partial charge < -0.3 is 19.9 Å². The number of carbonyl (C=O) groups excluding carboxylic acids is 2. The van der Waals surface area contributed by atoms with E-state index in [2.05, 4.69) is 10.6 Å². The first-order valence-electron chi connectivity index (χ1n) is 11.0. The van der Waals surface area contributed by atoms with Crippen LogP contribution in [0.3, 0.4) is 0 Å². The van der Waals surface area contributed by atoms with Crippen molar-refractivity contribution in [1.29, 1.82) is 0 Å². The zero-order valence-corrected chi connectivity index (χ0v) is 20.0. The van der Waals surface area contributed by atoms with Gasteiger partial charge in [0.2, 0.25) is 0 Å². The number of nitrogens with one attached hydrogen (secondary N) is 2. The maximum absolute atomic E-state index is 13.1. The Morgan fingerprint density at radius 1 is 1.06 bits per heavy atom. The summed E-state index contributed by atoms with van der Waals surface area (Å²) in [5.74, 6) is -0.455. The van der Waals surface area contributed by atoms with E-state index in [0.29, 0.717) is 19.4 Å². The molecule has 2 aromatic rings. The Morgan fingerprint density at radius 3 is 2.34 bits per heavy atom. The van der Waals surface area contributed by atoms with Crippen molar-refractivity contribution in [1.82, 2.24) is 15.2 Å². The van der Waals surface area contributed by atoms with Gasteiger partial charge in [0, 0.05) is 12.7 Å². The average molecular weight is 442 g/mol. The Morgan fingerprint density at radius 2 is 1.75 bits per heavy atom. The first-order chi connectivity index (χ1) is 15.0. The quantitative estimate of drug-likeness (QED) is 0.648. The van der Waals surface area contributed by atoms with E-state index in [1.54, 1.807) is 33.0 Å². The van der Waals surface area contributed by atoms with Crippen molar-refractivity contribution in [3.63, 3.8) is 0 Å². The summed E-state index contributed by atoms with van der Waals surface area (Å²) in [5.41, 5.74) is 0.509. The lowest BCUT2D eigenvalue weighted by Gasteiger charge is -2.33. The zero-order valence-electron chi connectivity index (χ0n) is 20.0. The van der Waals surface area contributed by atoms with Crippen molar-refractivity contribution in [3.05, 3.63) is 69.6 Å². The molecular formula is C25H35N3O4. The summed E-state index contributed by atoms with van der Waals surface area (Å²) >= 11 is 0. The summed E-state index contributed by atoms with van der Waals surface area (Å²) in [6.07, 6.45) is 2.29. The second-order valence-corrected chi connectivity index (χ2v) is 9.14. The molecule has 1 aromatic carbocycles. The smallest absolute Gasteiger partial charge is 0.407 e. The minimum Gasteiger partial charge on any atom is -0.444 e. The molecule has 0 unspecified atom stereocenters. The molecule has 32 heavy (non-hydrogen) atoms. The molecule has 0 saturated heterocycles. The number of hydrogen-bond donors (Lipinski definition) is 2. The van der Waals surface area contributed by atoms with Gasteiger partial charge in [-0.25, -0.2) is 4.79 Å². The number of benzene rings is 1. The van der Waals surface area contributed by atoms with Crippen LogP contribution in [-0.4, -0.2) is 34.3 Å². The monoisotopic (exact) mass is 441 g/mol. The van der Waals surface area contributed by atoms with Crippen LogP contribution >= 0.6 is 0 Å². The van der Waals surface area contributed by atoms with Gasteiger partial charge in [-0.15, -0.1) is 0 Å². The van der Waals surface area contributed by atoms with Gasteiger partial charge in [-0.1, -0.05) is 43.7 Å². The largest absolute Gasteiger partial charge is 0.444 e. The van der Waals surface area contributed by atoms with Crippen molar-refractivity contribution in [2.75, 3.05) is 6.54 Å². The van der Waals surface area contributed by atoms with E-state index in [0.717, 1.165) is 11.1 Å². The molecule has 7 nitrogen and oxygen atoms in total. The highest BCUT2D eigenvalue weighted by Crippen LogP contribution is 2.16. The Labute approximate surface area is 190 Å². The van der Waals surface area contributed by atoms with Gasteiger partial charge in [-0.3, -0.25) is 9.59 Å². The average Bonchev–Trinajstić information content (AvgIpc) is 2.71. The van der Waals surface area contributed by atoms with Gasteiger partial charge in [0.25, 0.3) is 11.5 Å². The normalized spacial score (nSPS) is 11.7. The first kappa shape index (κ1) is 25.2. The van der Waals surface area contributed by atoms with Crippen LogP contribution < -0.4 is 16.2 Å². The topological polar surface area (TPSA) is 89.4 Å². The molecule has 1 heterocycles. The summed E-state index contributed by atoms with van der Waals surface area (Å²) < 4.78 is 6.83. The Hall–Kier alpha value is -3.09. The number of pyridine rings is 1. The van der Waals surface area contributed by atoms with E-state index in [1.165, 1.54) is 10.6 Å². The first-order valence-corrected chi connectivity index (χ1v) is 11.0. The summed E-state index contributed by atoms with van der Waals surface area (Å²) in [7, 11) is 0. The molecule has 2 N–H and O–H groups in total. The number of aryl methyl sites for hydroxylation is 1. The summed E-state index contributed by atoms with van der Waals surface area (Å²) in [6, 6.07) is 11.1. The predicted octanol–water partition coefficient (Wildman–Crippen LogP) is 4.02. The van der Waals surface area contributed by atoms with E-state index < -0.39 is 23.1 Å². The molecule has 174 valence electrons. The molecule has 0 aliphatic heterocycles. The lowest BCUT2D eigenvalue weighted by atomic mass is 9.92. The third-order valence-electron chi connectivity index (χ3n) is 5.40. The molecule has 1 aromatic heterocycles. The van der Waals surface area contributed by atoms with Crippen LogP contribution in [0.15, 0.2) is 47.4 Å². The summed E-state index contributed by atoms with van der Waals surface area (Å²) in [4.78, 5) is 38.2. The zero-order chi connectivity index (χ0) is 23.9. The number of amides is 2. The number of nitrogens with zero attached hydrogens (tertiary/aromatic N) is 1. The van der Waals surface area contributed by atoms with Crippen LogP contribution in [0.5, 0.6) is 0 Å². The van der Waals surface area contributed by atoms with Gasteiger partial charge in [-0.2, -0.15) is 0 Å². The minimum atomic E-state index is -0.697. The van der Waals surface area contributed by atoms with Crippen LogP contribution in [0.1, 0.15) is 68.9 Å². The Bertz CT molecular complexity index is 1000. The van der Waals surface area contributed by atoms with Crippen molar-refractivity contribution < 1.29 is 14.3 Å². The van der Waals surface area contributed by atoms with Crippen LogP contribution in [0.2, 0.25) is 0 Å². The maximum Gasteiger partial charge on any atom is 0.407 e. The van der Waals surface area contributed by atoms with Crippen molar-refractivity contribution in [2.45, 2.75) is 72.1 Å². The van der Waals surface area contributed by atoms with Crippen LogP contribution in [0.4, 0.5) is 4.79 Å². The molecule has 0 bridgehead atoms. The van der Waals surface area contributed by atoms with E-state index in [-0.39, 0.29) is 17.7 Å². The SMILES string of the molecule is CCC(CC)(CNC(=O)OC(C)(C)C)NC(=O)c1cccn(Cc2cccc(C)c2)c1=O. The molecule has 0 aliphatic carbocycles. The fraction of sp³-hybridized carbons (Fsp3) is 0.480. The molecule has 0 aliphatic rings. The van der Waals surface area contributed by atoms with Gasteiger partial charge in [0.05, 0.1) is 12.1 Å². The van der Waals surface area contributed by atoms with Crippen molar-refractivity contribution >= 4 is 12.0 Å². The second-order valence-electron chi connectivity index (χ2n) is 9.14. The highest BCUT2D eigenvalue weighted by atomic mass is 16.6. The predicted molar refractivity (Wildman–Crippen MR) is 126 cm³/mol. The van der Waals surface area contributed by atoms with Crippen molar-refractivity contribution in [3.8, 4) is 0 Å². The van der Waals surface area contributed by atoms with E-state index in [1.807, 2.05) is 45.0 Å². The number of alkyl carbamates (subject to hydrolysis) is 1. The van der Waals surface area contributed by atoms with Crippen molar-refractivity contribution in [2.24, 2.45) is 0 Å². The number of carbonyl (C=O) groups is 2. The fourth-order valence-corrected chi connectivity index (χ4v) is 3.43. The minimum absolute atomic E-state index is 0.0729. The Kier molecular flexibility index (Phi) is 8.25. The highest BCUT2D eigenvalue weighted by molar-refractivity contribution is 5.94. The molecule has 0 fully saturated rings. The number of hydrogen-bond acceptors (Lipinski definition) is 4. The third-order valence-corrected chi connectivity index (χ3v) is 5.40. The molecule has 0 spiro atoms. The molecule has 2 rings (SSSR count). The van der Waals surface area contributed by atoms with E-state index in [4.69, 9.17) is 4.74 Å². The molecular weight excluding hydrogens is 406 g/mol. The maximum atomic E-state index is 13.1. The number of rotatable bonds is 8. The van der Waals surface area contributed by atoms with Gasteiger partial charge in [0.15, 0.2) is 0 Å². The number of ether oxygens (including phenoxy) is 1. The van der Waals surface area contributed by atoms with Gasteiger partial charge in [-0.05, 0) is 58.2 Å². The molecule has 2 amide bonds. The Balaban J connectivity index is 2.18. The third kappa shape index (κ3) is 6.97. The highest BCUT2D eigenvalue weighted by Gasteiger charge is 2.31. The second kappa shape index (κ2) is 10.5. The van der Waals surface area contributed by atoms with Crippen LogP contribution in [0.25, 0.3) is 0 Å². The molecule has 7 heteroatoms.